The predicted octanol–water partition coefficient (Wildman–Crippen LogP) is 2.14. The first-order valence-electron chi connectivity index (χ1n) is 8.49. The molecule has 1 amide bonds. The van der Waals surface area contributed by atoms with Crippen molar-refractivity contribution in [2.75, 3.05) is 6.54 Å². The SMILES string of the molecule is Bc1ccc2c(c1)c(C(=O)NCC1CCCCCC1)cn2C. The van der Waals surface area contributed by atoms with Crippen molar-refractivity contribution in [1.82, 2.24) is 9.88 Å². The molecule has 1 heterocycles. The van der Waals surface area contributed by atoms with Crippen LogP contribution in [0.2, 0.25) is 0 Å². The largest absolute Gasteiger partial charge is 0.352 e. The molecule has 1 N–H and O–H groups in total. The molecule has 0 saturated heterocycles. The third kappa shape index (κ3) is 3.21. The van der Waals surface area contributed by atoms with Gasteiger partial charge < -0.3 is 9.88 Å². The number of aryl methyl sites for hydroxylation is 1. The smallest absolute Gasteiger partial charge is 0.253 e. The van der Waals surface area contributed by atoms with E-state index in [2.05, 4.69) is 31.4 Å². The molecule has 0 spiro atoms. The molecule has 0 unspecified atom stereocenters. The Balaban J connectivity index is 1.73. The number of benzene rings is 1. The van der Waals surface area contributed by atoms with E-state index >= 15 is 0 Å². The summed E-state index contributed by atoms with van der Waals surface area (Å²) in [6, 6.07) is 6.29. The van der Waals surface area contributed by atoms with Gasteiger partial charge in [0.2, 0.25) is 0 Å². The van der Waals surface area contributed by atoms with E-state index in [1.807, 2.05) is 17.8 Å². The van der Waals surface area contributed by atoms with Crippen LogP contribution in [0, 0.1) is 5.92 Å². The maximum atomic E-state index is 12.6. The summed E-state index contributed by atoms with van der Waals surface area (Å²) in [6.07, 6.45) is 9.80. The second-order valence-corrected chi connectivity index (χ2v) is 6.74. The Morgan fingerprint density at radius 2 is 2.00 bits per heavy atom. The highest BCUT2D eigenvalue weighted by atomic mass is 16.1. The highest BCUT2D eigenvalue weighted by Gasteiger charge is 2.17. The molecule has 3 rings (SSSR count). The van der Waals surface area contributed by atoms with Gasteiger partial charge in [0, 0.05) is 30.7 Å². The van der Waals surface area contributed by atoms with Crippen molar-refractivity contribution in [1.29, 1.82) is 0 Å². The van der Waals surface area contributed by atoms with Gasteiger partial charge >= 0.3 is 0 Å². The number of fused-ring (bicyclic) bond motifs is 1. The average molecular weight is 296 g/mol. The Bertz CT molecular complexity index is 669. The van der Waals surface area contributed by atoms with Crippen molar-refractivity contribution >= 4 is 30.1 Å². The van der Waals surface area contributed by atoms with Crippen molar-refractivity contribution in [2.45, 2.75) is 38.5 Å². The first kappa shape index (κ1) is 15.2. The van der Waals surface area contributed by atoms with Crippen LogP contribution in [0.4, 0.5) is 0 Å². The molecule has 116 valence electrons. The molecule has 1 aromatic carbocycles. The summed E-state index contributed by atoms with van der Waals surface area (Å²) in [7, 11) is 4.07. The van der Waals surface area contributed by atoms with Gasteiger partial charge in [-0.1, -0.05) is 43.3 Å². The number of rotatable bonds is 3. The van der Waals surface area contributed by atoms with E-state index in [4.69, 9.17) is 0 Å². The maximum Gasteiger partial charge on any atom is 0.253 e. The Morgan fingerprint density at radius 1 is 1.27 bits per heavy atom. The van der Waals surface area contributed by atoms with E-state index in [1.165, 1.54) is 44.0 Å². The zero-order valence-electron chi connectivity index (χ0n) is 13.7. The lowest BCUT2D eigenvalue weighted by Gasteiger charge is -2.14. The van der Waals surface area contributed by atoms with Crippen molar-refractivity contribution in [3.8, 4) is 0 Å². The first-order chi connectivity index (χ1) is 10.6. The Kier molecular flexibility index (Phi) is 4.56. The number of amides is 1. The van der Waals surface area contributed by atoms with E-state index in [9.17, 15) is 4.79 Å². The van der Waals surface area contributed by atoms with Gasteiger partial charge in [0.15, 0.2) is 0 Å². The van der Waals surface area contributed by atoms with Gasteiger partial charge in [-0.05, 0) is 24.8 Å². The lowest BCUT2D eigenvalue weighted by molar-refractivity contribution is 0.0947. The molecule has 4 heteroatoms. The van der Waals surface area contributed by atoms with Crippen LogP contribution in [-0.2, 0) is 7.05 Å². The molecule has 1 aliphatic carbocycles. The van der Waals surface area contributed by atoms with Crippen molar-refractivity contribution in [2.24, 2.45) is 13.0 Å². The summed E-state index contributed by atoms with van der Waals surface area (Å²) in [5.41, 5.74) is 3.11. The van der Waals surface area contributed by atoms with Crippen LogP contribution >= 0.6 is 0 Å². The number of hydrogen-bond acceptors (Lipinski definition) is 1. The third-order valence-corrected chi connectivity index (χ3v) is 4.92. The molecule has 22 heavy (non-hydrogen) atoms. The second kappa shape index (κ2) is 6.59. The van der Waals surface area contributed by atoms with E-state index in [0.29, 0.717) is 5.92 Å². The van der Waals surface area contributed by atoms with Gasteiger partial charge in [0.25, 0.3) is 5.91 Å². The highest BCUT2D eigenvalue weighted by Crippen LogP contribution is 2.23. The van der Waals surface area contributed by atoms with Gasteiger partial charge in [-0.25, -0.2) is 0 Å². The van der Waals surface area contributed by atoms with Crippen LogP contribution in [-0.4, -0.2) is 24.9 Å². The fraction of sp³-hybridized carbons (Fsp3) is 0.500. The zero-order chi connectivity index (χ0) is 15.5. The number of nitrogens with zero attached hydrogens (tertiary/aromatic N) is 1. The lowest BCUT2D eigenvalue weighted by Crippen LogP contribution is -2.29. The van der Waals surface area contributed by atoms with Crippen LogP contribution in [0.3, 0.4) is 0 Å². The highest BCUT2D eigenvalue weighted by molar-refractivity contribution is 6.33. The number of nitrogens with one attached hydrogen (secondary N) is 1. The third-order valence-electron chi connectivity index (χ3n) is 4.92. The predicted molar refractivity (Wildman–Crippen MR) is 94.6 cm³/mol. The van der Waals surface area contributed by atoms with Gasteiger partial charge in [-0.3, -0.25) is 4.79 Å². The number of hydrogen-bond donors (Lipinski definition) is 1. The van der Waals surface area contributed by atoms with Gasteiger partial charge in [-0.15, -0.1) is 0 Å². The Morgan fingerprint density at radius 3 is 2.73 bits per heavy atom. The standard InChI is InChI=1S/C18H25BN2O/c1-21-12-16(15-10-14(19)8-9-17(15)21)18(22)20-11-13-6-4-2-3-5-7-13/h8-10,12-13H,2-7,11,19H2,1H3,(H,20,22). The van der Waals surface area contributed by atoms with E-state index in [0.717, 1.165) is 23.0 Å². The molecule has 1 aromatic heterocycles. The van der Waals surface area contributed by atoms with Crippen LogP contribution in [0.1, 0.15) is 48.9 Å². The van der Waals surface area contributed by atoms with Crippen LogP contribution in [0.25, 0.3) is 10.9 Å². The maximum absolute atomic E-state index is 12.6. The molecule has 1 saturated carbocycles. The summed E-state index contributed by atoms with van der Waals surface area (Å²) in [5, 5.41) is 4.23. The minimum Gasteiger partial charge on any atom is -0.352 e. The lowest BCUT2D eigenvalue weighted by atomic mass is 9.94. The molecular formula is C18H25BN2O. The summed E-state index contributed by atoms with van der Waals surface area (Å²) >= 11 is 0. The monoisotopic (exact) mass is 296 g/mol. The second-order valence-electron chi connectivity index (χ2n) is 6.74. The number of carbonyl (C=O) groups excluding carboxylic acids is 1. The van der Waals surface area contributed by atoms with Crippen molar-refractivity contribution in [3.63, 3.8) is 0 Å². The number of carbonyl (C=O) groups is 1. The summed E-state index contributed by atoms with van der Waals surface area (Å²) in [6.45, 7) is 0.820. The summed E-state index contributed by atoms with van der Waals surface area (Å²) in [5.74, 6) is 0.726. The molecule has 2 aromatic rings. The van der Waals surface area contributed by atoms with Crippen LogP contribution < -0.4 is 10.8 Å². The molecule has 3 nitrogen and oxygen atoms in total. The summed E-state index contributed by atoms with van der Waals surface area (Å²) in [4.78, 5) is 12.6. The average Bonchev–Trinajstić information content (AvgIpc) is 2.68. The Labute approximate surface area is 133 Å². The van der Waals surface area contributed by atoms with Gasteiger partial charge in [0.1, 0.15) is 7.85 Å². The summed E-state index contributed by atoms with van der Waals surface area (Å²) < 4.78 is 2.04. The molecule has 0 aliphatic heterocycles. The number of aromatic nitrogens is 1. The van der Waals surface area contributed by atoms with Crippen LogP contribution in [0.15, 0.2) is 24.4 Å². The fourth-order valence-electron chi connectivity index (χ4n) is 3.59. The van der Waals surface area contributed by atoms with Gasteiger partial charge in [0.05, 0.1) is 5.56 Å². The fourth-order valence-corrected chi connectivity index (χ4v) is 3.59. The Hall–Kier alpha value is -1.71. The zero-order valence-corrected chi connectivity index (χ0v) is 13.7. The first-order valence-corrected chi connectivity index (χ1v) is 8.49. The van der Waals surface area contributed by atoms with Crippen molar-refractivity contribution < 1.29 is 4.79 Å². The minimum atomic E-state index is 0.0699. The van der Waals surface area contributed by atoms with Crippen LogP contribution in [0.5, 0.6) is 0 Å². The topological polar surface area (TPSA) is 34.0 Å². The molecule has 1 fully saturated rings. The molecule has 1 aliphatic rings. The van der Waals surface area contributed by atoms with E-state index < -0.39 is 0 Å². The molecular weight excluding hydrogens is 271 g/mol. The van der Waals surface area contributed by atoms with Crippen molar-refractivity contribution in [3.05, 3.63) is 30.0 Å². The van der Waals surface area contributed by atoms with Gasteiger partial charge in [-0.2, -0.15) is 0 Å². The van der Waals surface area contributed by atoms with E-state index in [1.54, 1.807) is 0 Å². The quantitative estimate of drug-likeness (QED) is 0.683. The molecule has 0 bridgehead atoms. The minimum absolute atomic E-state index is 0.0699. The van der Waals surface area contributed by atoms with E-state index in [-0.39, 0.29) is 5.91 Å². The molecule has 0 atom stereocenters. The normalized spacial score (nSPS) is 16.6. The molecule has 0 radical (unpaired) electrons.